The van der Waals surface area contributed by atoms with E-state index in [9.17, 15) is 4.79 Å². The van der Waals surface area contributed by atoms with Crippen molar-refractivity contribution in [3.63, 3.8) is 0 Å². The van der Waals surface area contributed by atoms with Gasteiger partial charge in [-0.15, -0.1) is 0 Å². The fourth-order valence-corrected chi connectivity index (χ4v) is 2.21. The second-order valence-electron chi connectivity index (χ2n) is 5.91. The van der Waals surface area contributed by atoms with Crippen LogP contribution >= 0.6 is 0 Å². The number of carbonyl (C=O) groups excluding carboxylic acids is 1. The van der Waals surface area contributed by atoms with Crippen molar-refractivity contribution in [1.29, 1.82) is 0 Å². The van der Waals surface area contributed by atoms with Crippen LogP contribution < -0.4 is 5.32 Å². The van der Waals surface area contributed by atoms with E-state index in [1.165, 1.54) is 51.4 Å². The second kappa shape index (κ2) is 16.5. The van der Waals surface area contributed by atoms with E-state index in [0.29, 0.717) is 6.42 Å². The van der Waals surface area contributed by atoms with Crippen LogP contribution in [0.25, 0.3) is 0 Å². The van der Waals surface area contributed by atoms with Crippen molar-refractivity contribution in [2.45, 2.75) is 83.7 Å². The summed E-state index contributed by atoms with van der Waals surface area (Å²) in [5, 5.41) is 20.4. The maximum atomic E-state index is 11.4. The Morgan fingerprint density at radius 3 is 2.23 bits per heavy atom. The third-order valence-corrected chi connectivity index (χ3v) is 3.66. The summed E-state index contributed by atoms with van der Waals surface area (Å²) in [7, 11) is 0. The van der Waals surface area contributed by atoms with Crippen LogP contribution in [0.1, 0.15) is 77.6 Å². The van der Waals surface area contributed by atoms with Gasteiger partial charge >= 0.3 is 0 Å². The Morgan fingerprint density at radius 2 is 1.59 bits per heavy atom. The summed E-state index contributed by atoms with van der Waals surface area (Å²) in [6, 6.07) is 0. The maximum Gasteiger partial charge on any atom is 0.220 e. The van der Waals surface area contributed by atoms with Crippen molar-refractivity contribution >= 4 is 5.91 Å². The molecule has 0 aromatic rings. The van der Waals surface area contributed by atoms with Crippen LogP contribution in [0, 0.1) is 0 Å². The number of hydrogen-bond donors (Lipinski definition) is 3. The lowest BCUT2D eigenvalue weighted by Gasteiger charge is -2.08. The summed E-state index contributed by atoms with van der Waals surface area (Å²) in [6.07, 6.45) is 16.2. The number of amides is 1. The normalized spacial score (nSPS) is 12.7. The number of aliphatic hydroxyl groups excluding tert-OH is 2. The van der Waals surface area contributed by atoms with Crippen molar-refractivity contribution in [3.8, 4) is 0 Å². The number of allylic oxidation sites excluding steroid dienone is 2. The highest BCUT2D eigenvalue weighted by Gasteiger charge is 2.05. The van der Waals surface area contributed by atoms with E-state index in [1.54, 1.807) is 0 Å². The van der Waals surface area contributed by atoms with Crippen LogP contribution in [-0.2, 0) is 4.79 Å². The molecule has 0 rings (SSSR count). The molecule has 0 aliphatic heterocycles. The molecule has 130 valence electrons. The summed E-state index contributed by atoms with van der Waals surface area (Å²) in [5.74, 6) is -0.0393. The SMILES string of the molecule is CCCCC/C=C\CCCCCCCC(=O)NCC(O)CO. The van der Waals surface area contributed by atoms with Crippen LogP contribution in [0.5, 0.6) is 0 Å². The highest BCUT2D eigenvalue weighted by molar-refractivity contribution is 5.75. The Hall–Kier alpha value is -0.870. The van der Waals surface area contributed by atoms with Gasteiger partial charge in [0, 0.05) is 13.0 Å². The van der Waals surface area contributed by atoms with E-state index in [-0.39, 0.29) is 19.1 Å². The molecule has 0 aromatic heterocycles. The monoisotopic (exact) mass is 313 g/mol. The van der Waals surface area contributed by atoms with E-state index in [1.807, 2.05) is 0 Å². The Labute approximate surface area is 136 Å². The Morgan fingerprint density at radius 1 is 1.00 bits per heavy atom. The number of hydrogen-bond acceptors (Lipinski definition) is 3. The Kier molecular flexibility index (Phi) is 15.8. The molecule has 1 atom stereocenters. The summed E-state index contributed by atoms with van der Waals surface area (Å²) >= 11 is 0. The molecule has 0 spiro atoms. The van der Waals surface area contributed by atoms with Gasteiger partial charge in [0.1, 0.15) is 0 Å². The van der Waals surface area contributed by atoms with E-state index >= 15 is 0 Å². The molecular formula is C18H35NO3. The number of rotatable bonds is 15. The molecule has 0 aromatic carbocycles. The lowest BCUT2D eigenvalue weighted by atomic mass is 10.1. The summed E-state index contributed by atoms with van der Waals surface area (Å²) < 4.78 is 0. The topological polar surface area (TPSA) is 69.6 Å². The minimum absolute atomic E-state index is 0.0393. The van der Waals surface area contributed by atoms with Crippen LogP contribution in [-0.4, -0.2) is 35.4 Å². The first-order valence-corrected chi connectivity index (χ1v) is 8.91. The Bertz CT molecular complexity index is 280. The highest BCUT2D eigenvalue weighted by Crippen LogP contribution is 2.08. The summed E-state index contributed by atoms with van der Waals surface area (Å²) in [6.45, 7) is 2.05. The average Bonchev–Trinajstić information content (AvgIpc) is 2.53. The third kappa shape index (κ3) is 15.5. The zero-order valence-corrected chi connectivity index (χ0v) is 14.2. The molecule has 0 aliphatic carbocycles. The third-order valence-electron chi connectivity index (χ3n) is 3.66. The molecular weight excluding hydrogens is 278 g/mol. The molecule has 1 amide bonds. The average molecular weight is 313 g/mol. The number of unbranched alkanes of at least 4 members (excludes halogenated alkanes) is 8. The van der Waals surface area contributed by atoms with Gasteiger partial charge in [-0.2, -0.15) is 0 Å². The van der Waals surface area contributed by atoms with Crippen molar-refractivity contribution in [2.24, 2.45) is 0 Å². The number of nitrogens with one attached hydrogen (secondary N) is 1. The van der Waals surface area contributed by atoms with Gasteiger partial charge in [-0.3, -0.25) is 4.79 Å². The molecule has 0 aliphatic rings. The largest absolute Gasteiger partial charge is 0.394 e. The van der Waals surface area contributed by atoms with E-state index in [4.69, 9.17) is 10.2 Å². The molecule has 1 unspecified atom stereocenters. The van der Waals surface area contributed by atoms with Crippen molar-refractivity contribution < 1.29 is 15.0 Å². The summed E-state index contributed by atoms with van der Waals surface area (Å²) in [4.78, 5) is 11.4. The molecule has 3 N–H and O–H groups in total. The molecule has 0 heterocycles. The van der Waals surface area contributed by atoms with Crippen molar-refractivity contribution in [3.05, 3.63) is 12.2 Å². The molecule has 22 heavy (non-hydrogen) atoms. The molecule has 0 radical (unpaired) electrons. The number of aliphatic hydroxyl groups is 2. The van der Waals surface area contributed by atoms with Gasteiger partial charge < -0.3 is 15.5 Å². The van der Waals surface area contributed by atoms with Crippen LogP contribution in [0.15, 0.2) is 12.2 Å². The standard InChI is InChI=1S/C18H35NO3/c1-2-3-4-5-6-7-8-9-10-11-12-13-14-18(22)19-15-17(21)16-20/h6-7,17,20-21H,2-5,8-16H2,1H3,(H,19,22)/b7-6-. The van der Waals surface area contributed by atoms with E-state index in [2.05, 4.69) is 24.4 Å². The molecule has 4 nitrogen and oxygen atoms in total. The fourth-order valence-electron chi connectivity index (χ4n) is 2.21. The van der Waals surface area contributed by atoms with E-state index < -0.39 is 6.10 Å². The molecule has 0 bridgehead atoms. The minimum Gasteiger partial charge on any atom is -0.394 e. The minimum atomic E-state index is -0.848. The van der Waals surface area contributed by atoms with Crippen LogP contribution in [0.3, 0.4) is 0 Å². The maximum absolute atomic E-state index is 11.4. The van der Waals surface area contributed by atoms with Crippen LogP contribution in [0.2, 0.25) is 0 Å². The predicted molar refractivity (Wildman–Crippen MR) is 91.7 cm³/mol. The van der Waals surface area contributed by atoms with Gasteiger partial charge in [-0.25, -0.2) is 0 Å². The zero-order chi connectivity index (χ0) is 16.5. The fraction of sp³-hybridized carbons (Fsp3) is 0.833. The summed E-state index contributed by atoms with van der Waals surface area (Å²) in [5.41, 5.74) is 0. The predicted octanol–water partition coefficient (Wildman–Crippen LogP) is 3.32. The van der Waals surface area contributed by atoms with Gasteiger partial charge in [0.2, 0.25) is 5.91 Å². The molecule has 0 saturated carbocycles. The smallest absolute Gasteiger partial charge is 0.220 e. The van der Waals surface area contributed by atoms with Crippen molar-refractivity contribution in [2.75, 3.05) is 13.2 Å². The van der Waals surface area contributed by atoms with Gasteiger partial charge in [0.05, 0.1) is 12.7 Å². The number of carbonyl (C=O) groups is 1. The first kappa shape index (κ1) is 21.1. The highest BCUT2D eigenvalue weighted by atomic mass is 16.3. The second-order valence-corrected chi connectivity index (χ2v) is 5.91. The van der Waals surface area contributed by atoms with Gasteiger partial charge in [0.25, 0.3) is 0 Å². The van der Waals surface area contributed by atoms with E-state index in [0.717, 1.165) is 12.8 Å². The first-order valence-electron chi connectivity index (χ1n) is 8.91. The molecule has 0 fully saturated rings. The lowest BCUT2D eigenvalue weighted by Crippen LogP contribution is -2.33. The van der Waals surface area contributed by atoms with Gasteiger partial charge in [-0.05, 0) is 32.1 Å². The Balaban J connectivity index is 3.24. The lowest BCUT2D eigenvalue weighted by molar-refractivity contribution is -0.121. The van der Waals surface area contributed by atoms with Crippen LogP contribution in [0.4, 0.5) is 0 Å². The van der Waals surface area contributed by atoms with Crippen molar-refractivity contribution in [1.82, 2.24) is 5.32 Å². The van der Waals surface area contributed by atoms with Gasteiger partial charge in [-0.1, -0.05) is 51.2 Å². The quantitative estimate of drug-likeness (QED) is 0.321. The first-order chi connectivity index (χ1) is 10.7. The molecule has 0 saturated heterocycles. The van der Waals surface area contributed by atoms with Gasteiger partial charge in [0.15, 0.2) is 0 Å². The zero-order valence-electron chi connectivity index (χ0n) is 14.2. The molecule has 4 heteroatoms.